The molecule has 37 heavy (non-hydrogen) atoms. The first-order valence-electron chi connectivity index (χ1n) is 11.9. The molecule has 0 saturated carbocycles. The van der Waals surface area contributed by atoms with Crippen LogP contribution in [0.5, 0.6) is 5.75 Å². The monoisotopic (exact) mass is 497 g/mol. The third-order valence-corrected chi connectivity index (χ3v) is 5.83. The molecule has 4 aromatic rings. The first kappa shape index (κ1) is 25.4. The van der Waals surface area contributed by atoms with Gasteiger partial charge in [0.15, 0.2) is 6.61 Å². The number of carbonyl (C=O) groups is 3. The predicted octanol–water partition coefficient (Wildman–Crippen LogP) is 5.06. The van der Waals surface area contributed by atoms with Crippen molar-refractivity contribution in [1.82, 2.24) is 4.90 Å². The zero-order valence-corrected chi connectivity index (χ0v) is 20.4. The summed E-state index contributed by atoms with van der Waals surface area (Å²) < 4.78 is 10.6. The molecule has 0 aromatic heterocycles. The van der Waals surface area contributed by atoms with Crippen LogP contribution in [0.15, 0.2) is 91.0 Å². The summed E-state index contributed by atoms with van der Waals surface area (Å²) >= 11 is 0. The van der Waals surface area contributed by atoms with Gasteiger partial charge in [-0.25, -0.2) is 9.59 Å². The first-order valence-corrected chi connectivity index (χ1v) is 11.9. The van der Waals surface area contributed by atoms with Gasteiger partial charge >= 0.3 is 17.8 Å². The van der Waals surface area contributed by atoms with Crippen LogP contribution in [0, 0.1) is 0 Å². The molecule has 0 unspecified atom stereocenters. The Balaban J connectivity index is 1.72. The second kappa shape index (κ2) is 11.9. The summed E-state index contributed by atoms with van der Waals surface area (Å²) in [4.78, 5) is 37.9. The summed E-state index contributed by atoms with van der Waals surface area (Å²) in [5.41, 5.74) is 3.21. The number of fused-ring (bicyclic) bond motifs is 1. The van der Waals surface area contributed by atoms with E-state index in [4.69, 9.17) is 9.47 Å². The summed E-state index contributed by atoms with van der Waals surface area (Å²) in [6, 6.07) is 28.7. The van der Waals surface area contributed by atoms with E-state index in [1.54, 1.807) is 19.1 Å². The van der Waals surface area contributed by atoms with Gasteiger partial charge < -0.3 is 19.5 Å². The third kappa shape index (κ3) is 6.32. The van der Waals surface area contributed by atoms with Crippen molar-refractivity contribution in [3.63, 3.8) is 0 Å². The number of hydrogen-bond acceptors (Lipinski definition) is 5. The number of rotatable bonds is 9. The van der Waals surface area contributed by atoms with Crippen LogP contribution in [0.1, 0.15) is 18.1 Å². The van der Waals surface area contributed by atoms with E-state index in [1.807, 2.05) is 78.9 Å². The molecule has 4 rings (SSSR count). The van der Waals surface area contributed by atoms with E-state index in [0.29, 0.717) is 11.3 Å². The van der Waals surface area contributed by atoms with Crippen LogP contribution in [0.4, 0.5) is 0 Å². The van der Waals surface area contributed by atoms with E-state index in [1.165, 1.54) is 4.90 Å². The third-order valence-electron chi connectivity index (χ3n) is 5.83. The molecule has 0 aliphatic heterocycles. The minimum atomic E-state index is -1.12. The summed E-state index contributed by atoms with van der Waals surface area (Å²) in [5, 5.41) is 11.4. The number of ether oxygens (including phenoxy) is 2. The van der Waals surface area contributed by atoms with Gasteiger partial charge in [-0.3, -0.25) is 4.79 Å². The Morgan fingerprint density at radius 3 is 2.32 bits per heavy atom. The fourth-order valence-electron chi connectivity index (χ4n) is 4.13. The number of amides is 1. The molecule has 0 aliphatic rings. The number of benzene rings is 4. The topological polar surface area (TPSA) is 93.1 Å². The second-order valence-electron chi connectivity index (χ2n) is 8.40. The fourth-order valence-corrected chi connectivity index (χ4v) is 4.13. The molecule has 0 fully saturated rings. The van der Waals surface area contributed by atoms with E-state index < -0.39 is 24.5 Å². The van der Waals surface area contributed by atoms with Crippen molar-refractivity contribution in [3.05, 3.63) is 102 Å². The molecule has 0 saturated heterocycles. The Kier molecular flexibility index (Phi) is 8.15. The zero-order valence-electron chi connectivity index (χ0n) is 20.4. The molecular weight excluding hydrogens is 470 g/mol. The van der Waals surface area contributed by atoms with E-state index >= 15 is 0 Å². The molecule has 188 valence electrons. The average Bonchev–Trinajstić information content (AvgIpc) is 2.92. The minimum absolute atomic E-state index is 0.0251. The van der Waals surface area contributed by atoms with E-state index in [9.17, 15) is 19.5 Å². The normalized spacial score (nSPS) is 10.6. The molecule has 0 radical (unpaired) electrons. The van der Waals surface area contributed by atoms with Gasteiger partial charge in [0.1, 0.15) is 5.75 Å². The van der Waals surface area contributed by atoms with Gasteiger partial charge in [-0.1, -0.05) is 84.9 Å². The highest BCUT2D eigenvalue weighted by atomic mass is 16.5. The molecular formula is C30H27NO6. The summed E-state index contributed by atoms with van der Waals surface area (Å²) in [5.74, 6) is -2.53. The molecule has 0 bridgehead atoms. The molecule has 0 heterocycles. The summed E-state index contributed by atoms with van der Waals surface area (Å²) in [7, 11) is 0. The van der Waals surface area contributed by atoms with Crippen LogP contribution < -0.4 is 4.74 Å². The largest absolute Gasteiger partial charge is 0.482 e. The zero-order chi connectivity index (χ0) is 26.2. The lowest BCUT2D eigenvalue weighted by Gasteiger charge is -2.23. The molecule has 4 aromatic carbocycles. The highest BCUT2D eigenvalue weighted by Gasteiger charge is 2.25. The predicted molar refractivity (Wildman–Crippen MR) is 140 cm³/mol. The van der Waals surface area contributed by atoms with Crippen molar-refractivity contribution in [2.45, 2.75) is 20.0 Å². The maximum atomic E-state index is 13.0. The van der Waals surface area contributed by atoms with Gasteiger partial charge in [0.2, 0.25) is 0 Å². The Labute approximate surface area is 214 Å². The summed E-state index contributed by atoms with van der Waals surface area (Å²) in [6.45, 7) is 1.36. The quantitative estimate of drug-likeness (QED) is 0.257. The standard InChI is InChI=1S/C30H27NO6/c1-2-36-30(35)29(34)31(18-21-9-4-3-5-10-21)19-24-16-15-23(17-27(24)37-20-28(32)33)26-14-8-12-22-11-6-7-13-25(22)26/h3-17H,2,18-20H2,1H3,(H,32,33). The maximum Gasteiger partial charge on any atom is 0.397 e. The van der Waals surface area contributed by atoms with Gasteiger partial charge in [-0.15, -0.1) is 0 Å². The van der Waals surface area contributed by atoms with Crippen LogP contribution in [0.25, 0.3) is 21.9 Å². The van der Waals surface area contributed by atoms with Crippen LogP contribution >= 0.6 is 0 Å². The minimum Gasteiger partial charge on any atom is -0.482 e. The lowest BCUT2D eigenvalue weighted by atomic mass is 9.97. The second-order valence-corrected chi connectivity index (χ2v) is 8.40. The maximum absolute atomic E-state index is 13.0. The Morgan fingerprint density at radius 2 is 1.57 bits per heavy atom. The highest BCUT2D eigenvalue weighted by molar-refractivity contribution is 6.32. The van der Waals surface area contributed by atoms with Crippen molar-refractivity contribution in [3.8, 4) is 16.9 Å². The number of carboxylic acids is 1. The van der Waals surface area contributed by atoms with Crippen molar-refractivity contribution >= 4 is 28.6 Å². The Morgan fingerprint density at radius 1 is 0.838 bits per heavy atom. The number of esters is 1. The van der Waals surface area contributed by atoms with Gasteiger partial charge in [-0.05, 0) is 40.5 Å². The van der Waals surface area contributed by atoms with Crippen LogP contribution in [-0.2, 0) is 32.2 Å². The molecule has 7 nitrogen and oxygen atoms in total. The van der Waals surface area contributed by atoms with Gasteiger partial charge in [0, 0.05) is 12.1 Å². The number of nitrogens with zero attached hydrogens (tertiary/aromatic N) is 1. The van der Waals surface area contributed by atoms with Crippen molar-refractivity contribution < 1.29 is 29.0 Å². The molecule has 7 heteroatoms. The van der Waals surface area contributed by atoms with E-state index in [0.717, 1.165) is 27.5 Å². The van der Waals surface area contributed by atoms with Crippen LogP contribution in [0.2, 0.25) is 0 Å². The molecule has 1 N–H and O–H groups in total. The lowest BCUT2D eigenvalue weighted by Crippen LogP contribution is -2.37. The van der Waals surface area contributed by atoms with Crippen molar-refractivity contribution in [2.24, 2.45) is 0 Å². The SMILES string of the molecule is CCOC(=O)C(=O)N(Cc1ccccc1)Cc1ccc(-c2cccc3ccccc23)cc1OCC(=O)O. The first-order chi connectivity index (χ1) is 18.0. The summed E-state index contributed by atoms with van der Waals surface area (Å²) in [6.07, 6.45) is 0. The molecule has 0 aliphatic carbocycles. The van der Waals surface area contributed by atoms with Gasteiger partial charge in [0.05, 0.1) is 13.2 Å². The van der Waals surface area contributed by atoms with Crippen molar-refractivity contribution in [1.29, 1.82) is 0 Å². The van der Waals surface area contributed by atoms with E-state index in [-0.39, 0.29) is 19.7 Å². The Bertz CT molecular complexity index is 1410. The van der Waals surface area contributed by atoms with E-state index in [2.05, 4.69) is 0 Å². The fraction of sp³-hybridized carbons (Fsp3) is 0.167. The average molecular weight is 498 g/mol. The molecule has 0 spiro atoms. The number of aliphatic carboxylic acids is 1. The Hall–Kier alpha value is -4.65. The van der Waals surface area contributed by atoms with Crippen LogP contribution in [-0.4, -0.2) is 41.1 Å². The van der Waals surface area contributed by atoms with Crippen LogP contribution in [0.3, 0.4) is 0 Å². The number of hydrogen-bond donors (Lipinski definition) is 1. The van der Waals surface area contributed by atoms with Gasteiger partial charge in [0.25, 0.3) is 0 Å². The molecule has 1 amide bonds. The van der Waals surface area contributed by atoms with Crippen molar-refractivity contribution in [2.75, 3.05) is 13.2 Å². The smallest absolute Gasteiger partial charge is 0.397 e. The molecule has 0 atom stereocenters. The lowest BCUT2D eigenvalue weighted by molar-refractivity contribution is -0.160. The van der Waals surface area contributed by atoms with Gasteiger partial charge in [-0.2, -0.15) is 0 Å². The number of carboxylic acid groups (broad SMARTS) is 1. The highest BCUT2D eigenvalue weighted by Crippen LogP contribution is 2.33. The number of carbonyl (C=O) groups excluding carboxylic acids is 2.